The average Bonchev–Trinajstić information content (AvgIpc) is 3.14. The molecule has 0 bridgehead atoms. The van der Waals surface area contributed by atoms with Gasteiger partial charge in [-0.15, -0.1) is 5.10 Å². The van der Waals surface area contributed by atoms with E-state index in [0.717, 1.165) is 16.8 Å². The summed E-state index contributed by atoms with van der Waals surface area (Å²) < 4.78 is 15.0. The maximum absolute atomic E-state index is 13.4. The number of rotatable bonds is 4. The van der Waals surface area contributed by atoms with Crippen molar-refractivity contribution in [3.63, 3.8) is 0 Å². The van der Waals surface area contributed by atoms with E-state index in [4.69, 9.17) is 0 Å². The van der Waals surface area contributed by atoms with Gasteiger partial charge in [0.05, 0.1) is 5.69 Å². The molecule has 0 saturated heterocycles. The van der Waals surface area contributed by atoms with Crippen molar-refractivity contribution in [2.45, 2.75) is 6.92 Å². The smallest absolute Gasteiger partial charge is 0.295 e. The predicted octanol–water partition coefficient (Wildman–Crippen LogP) is 4.63. The van der Waals surface area contributed by atoms with Crippen molar-refractivity contribution in [2.24, 2.45) is 0 Å². The molecule has 6 heteroatoms. The molecule has 4 aromatic rings. The Bertz CT molecular complexity index is 1140. The third-order valence-corrected chi connectivity index (χ3v) is 4.17. The summed E-state index contributed by atoms with van der Waals surface area (Å²) in [5, 5.41) is 7.05. The summed E-state index contributed by atoms with van der Waals surface area (Å²) in [6.07, 6.45) is 0. The van der Waals surface area contributed by atoms with Gasteiger partial charge in [0, 0.05) is 11.3 Å². The van der Waals surface area contributed by atoms with Gasteiger partial charge in [-0.05, 0) is 42.8 Å². The number of hydrogen-bond donors (Lipinski definition) is 1. The number of amides is 1. The summed E-state index contributed by atoms with van der Waals surface area (Å²) in [6.45, 7) is 1.99. The zero-order valence-corrected chi connectivity index (χ0v) is 15.1. The zero-order chi connectivity index (χ0) is 19.5. The highest BCUT2D eigenvalue weighted by atomic mass is 19.1. The second-order valence-electron chi connectivity index (χ2n) is 6.34. The number of nitrogens with one attached hydrogen (secondary N) is 1. The van der Waals surface area contributed by atoms with E-state index in [0.29, 0.717) is 11.5 Å². The van der Waals surface area contributed by atoms with Crippen LogP contribution in [0, 0.1) is 12.7 Å². The summed E-state index contributed by atoms with van der Waals surface area (Å²) in [5.41, 5.74) is 3.05. The molecule has 0 aliphatic heterocycles. The van der Waals surface area contributed by atoms with Crippen LogP contribution in [0.1, 0.15) is 16.2 Å². The van der Waals surface area contributed by atoms with Crippen LogP contribution < -0.4 is 5.32 Å². The van der Waals surface area contributed by atoms with E-state index in [1.807, 2.05) is 61.5 Å². The Morgan fingerprint density at radius 2 is 1.75 bits per heavy atom. The highest BCUT2D eigenvalue weighted by molar-refractivity contribution is 6.01. The zero-order valence-electron chi connectivity index (χ0n) is 15.1. The molecule has 0 saturated carbocycles. The summed E-state index contributed by atoms with van der Waals surface area (Å²) in [4.78, 5) is 17.1. The number of halogens is 1. The molecular weight excluding hydrogens is 355 g/mol. The minimum Gasteiger partial charge on any atom is -0.319 e. The fourth-order valence-corrected chi connectivity index (χ4v) is 2.88. The topological polar surface area (TPSA) is 59.8 Å². The lowest BCUT2D eigenvalue weighted by Gasteiger charge is -2.06. The van der Waals surface area contributed by atoms with Crippen molar-refractivity contribution in [3.8, 4) is 17.1 Å². The highest BCUT2D eigenvalue weighted by Crippen LogP contribution is 2.22. The van der Waals surface area contributed by atoms with Crippen molar-refractivity contribution in [3.05, 3.63) is 96.1 Å². The Morgan fingerprint density at radius 1 is 0.964 bits per heavy atom. The fourth-order valence-electron chi connectivity index (χ4n) is 2.88. The molecule has 0 aliphatic carbocycles. The first-order valence-electron chi connectivity index (χ1n) is 8.76. The van der Waals surface area contributed by atoms with Gasteiger partial charge in [-0.1, -0.05) is 48.5 Å². The quantitative estimate of drug-likeness (QED) is 0.568. The average molecular weight is 372 g/mol. The Hall–Kier alpha value is -3.80. The Kier molecular flexibility index (Phi) is 4.68. The van der Waals surface area contributed by atoms with Gasteiger partial charge in [0.25, 0.3) is 5.91 Å². The normalized spacial score (nSPS) is 10.6. The first-order valence-corrected chi connectivity index (χ1v) is 8.76. The number of carbonyl (C=O) groups excluding carboxylic acids is 1. The lowest BCUT2D eigenvalue weighted by atomic mass is 10.2. The second-order valence-corrected chi connectivity index (χ2v) is 6.34. The van der Waals surface area contributed by atoms with E-state index < -0.39 is 11.7 Å². The maximum Gasteiger partial charge on any atom is 0.295 e. The molecule has 0 fully saturated rings. The molecule has 5 nitrogen and oxygen atoms in total. The number of anilines is 1. The third-order valence-electron chi connectivity index (χ3n) is 4.17. The van der Waals surface area contributed by atoms with Crippen LogP contribution in [0.25, 0.3) is 17.1 Å². The van der Waals surface area contributed by atoms with E-state index in [2.05, 4.69) is 15.4 Å². The van der Waals surface area contributed by atoms with Crippen LogP contribution in [0.2, 0.25) is 0 Å². The van der Waals surface area contributed by atoms with Crippen LogP contribution in [0.15, 0.2) is 78.9 Å². The van der Waals surface area contributed by atoms with Crippen LogP contribution in [0.5, 0.6) is 0 Å². The molecule has 0 unspecified atom stereocenters. The first-order chi connectivity index (χ1) is 13.6. The molecule has 1 aromatic heterocycles. The summed E-state index contributed by atoms with van der Waals surface area (Å²) in [6, 6.07) is 23.0. The summed E-state index contributed by atoms with van der Waals surface area (Å²) in [7, 11) is 0. The highest BCUT2D eigenvalue weighted by Gasteiger charge is 2.19. The molecule has 4 rings (SSSR count). The van der Waals surface area contributed by atoms with Gasteiger partial charge >= 0.3 is 0 Å². The van der Waals surface area contributed by atoms with Gasteiger partial charge < -0.3 is 5.32 Å². The maximum atomic E-state index is 13.4. The second kappa shape index (κ2) is 7.44. The van der Waals surface area contributed by atoms with Crippen molar-refractivity contribution in [2.75, 3.05) is 5.32 Å². The number of hydrogen-bond acceptors (Lipinski definition) is 3. The van der Waals surface area contributed by atoms with Crippen molar-refractivity contribution >= 4 is 11.6 Å². The van der Waals surface area contributed by atoms with Crippen LogP contribution in [0.4, 0.5) is 10.1 Å². The molecule has 0 radical (unpaired) electrons. The molecule has 0 atom stereocenters. The molecule has 0 aliphatic rings. The van der Waals surface area contributed by atoms with E-state index in [1.165, 1.54) is 18.2 Å². The molecular formula is C22H17FN4O. The summed E-state index contributed by atoms with van der Waals surface area (Å²) in [5.74, 6) is -0.379. The Morgan fingerprint density at radius 3 is 2.50 bits per heavy atom. The molecule has 1 amide bonds. The van der Waals surface area contributed by atoms with Crippen molar-refractivity contribution in [1.82, 2.24) is 14.8 Å². The van der Waals surface area contributed by atoms with Gasteiger partial charge in [-0.2, -0.15) is 0 Å². The monoisotopic (exact) mass is 372 g/mol. The fraction of sp³-hybridized carbons (Fsp3) is 0.0455. The first kappa shape index (κ1) is 17.6. The van der Waals surface area contributed by atoms with E-state index in [-0.39, 0.29) is 5.82 Å². The standard InChI is InChI=1S/C22H17FN4O/c1-15-7-5-12-19(13-15)27-21(16-8-3-2-4-9-16)25-20(26-27)22(28)24-18-11-6-10-17(23)14-18/h2-14H,1H3,(H,24,28). The van der Waals surface area contributed by atoms with Crippen LogP contribution >= 0.6 is 0 Å². The number of aromatic nitrogens is 3. The van der Waals surface area contributed by atoms with Gasteiger partial charge in [0.1, 0.15) is 5.82 Å². The number of carbonyl (C=O) groups is 1. The molecule has 28 heavy (non-hydrogen) atoms. The number of nitrogens with zero attached hydrogens (tertiary/aromatic N) is 3. The lowest BCUT2D eigenvalue weighted by Crippen LogP contribution is -2.14. The van der Waals surface area contributed by atoms with E-state index in [9.17, 15) is 9.18 Å². The van der Waals surface area contributed by atoms with Gasteiger partial charge in [0.2, 0.25) is 5.82 Å². The molecule has 0 spiro atoms. The molecule has 1 heterocycles. The van der Waals surface area contributed by atoms with Crippen molar-refractivity contribution in [1.29, 1.82) is 0 Å². The van der Waals surface area contributed by atoms with E-state index in [1.54, 1.807) is 10.7 Å². The van der Waals surface area contributed by atoms with Crippen LogP contribution in [-0.4, -0.2) is 20.7 Å². The van der Waals surface area contributed by atoms with E-state index >= 15 is 0 Å². The SMILES string of the molecule is Cc1cccc(-n2nc(C(=O)Nc3cccc(F)c3)nc2-c2ccccc2)c1. The van der Waals surface area contributed by atoms with Gasteiger partial charge in [-0.3, -0.25) is 4.79 Å². The predicted molar refractivity (Wildman–Crippen MR) is 106 cm³/mol. The third kappa shape index (κ3) is 3.66. The Balaban J connectivity index is 1.76. The number of aryl methyl sites for hydroxylation is 1. The van der Waals surface area contributed by atoms with Gasteiger partial charge in [-0.25, -0.2) is 14.1 Å². The number of benzene rings is 3. The van der Waals surface area contributed by atoms with Crippen molar-refractivity contribution < 1.29 is 9.18 Å². The van der Waals surface area contributed by atoms with Gasteiger partial charge in [0.15, 0.2) is 5.82 Å². The summed E-state index contributed by atoms with van der Waals surface area (Å²) >= 11 is 0. The molecule has 138 valence electrons. The lowest BCUT2D eigenvalue weighted by molar-refractivity contribution is 0.101. The largest absolute Gasteiger partial charge is 0.319 e. The van der Waals surface area contributed by atoms with Crippen LogP contribution in [0.3, 0.4) is 0 Å². The minimum absolute atomic E-state index is 0.00428. The molecule has 1 N–H and O–H groups in total. The van der Waals surface area contributed by atoms with Crippen LogP contribution in [-0.2, 0) is 0 Å². The minimum atomic E-state index is -0.505. The molecule has 3 aromatic carbocycles. The Labute approximate surface area is 161 Å².